The standard InChI is InChI=1S/C26H20ClNO5S/c1-3-14-6-8-17(9-7-14)28-22(20-5-4-10-34-20)21(24(30)26(28)31)23(29)18-12-15-11-16(27)13-19(32-2)25(15)33-18/h4-13,22,30H,3H2,1-2H3. The van der Waals surface area contributed by atoms with Gasteiger partial charge in [-0.25, -0.2) is 0 Å². The molecule has 1 unspecified atom stereocenters. The molecule has 6 nitrogen and oxygen atoms in total. The van der Waals surface area contributed by atoms with Gasteiger partial charge in [0.2, 0.25) is 5.78 Å². The first-order valence-corrected chi connectivity index (χ1v) is 11.9. The number of aliphatic hydroxyl groups is 1. The van der Waals surface area contributed by atoms with Crippen molar-refractivity contribution in [3.63, 3.8) is 0 Å². The zero-order chi connectivity index (χ0) is 24.0. The predicted molar refractivity (Wildman–Crippen MR) is 132 cm³/mol. The summed E-state index contributed by atoms with van der Waals surface area (Å²) in [4.78, 5) is 29.1. The number of thiophene rings is 1. The second-order valence-corrected chi connectivity index (χ2v) is 9.26. The Labute approximate surface area is 204 Å². The first-order valence-electron chi connectivity index (χ1n) is 10.6. The molecule has 0 bridgehead atoms. The van der Waals surface area contributed by atoms with Gasteiger partial charge >= 0.3 is 0 Å². The number of benzene rings is 2. The van der Waals surface area contributed by atoms with E-state index >= 15 is 0 Å². The van der Waals surface area contributed by atoms with Gasteiger partial charge in [-0.2, -0.15) is 0 Å². The van der Waals surface area contributed by atoms with Gasteiger partial charge < -0.3 is 14.3 Å². The number of nitrogens with zero attached hydrogens (tertiary/aromatic N) is 1. The molecular formula is C26H20ClNO5S. The van der Waals surface area contributed by atoms with Crippen molar-refractivity contribution in [2.75, 3.05) is 12.0 Å². The molecule has 2 aromatic carbocycles. The Bertz CT molecular complexity index is 1440. The van der Waals surface area contributed by atoms with Gasteiger partial charge in [0, 0.05) is 27.0 Å². The summed E-state index contributed by atoms with van der Waals surface area (Å²) < 4.78 is 11.2. The van der Waals surface area contributed by atoms with E-state index in [9.17, 15) is 14.7 Å². The number of rotatable bonds is 6. The molecule has 0 radical (unpaired) electrons. The smallest absolute Gasteiger partial charge is 0.294 e. The quantitative estimate of drug-likeness (QED) is 0.310. The number of Topliss-reactive ketones (excluding diaryl/α,β-unsaturated/α-hetero) is 1. The second-order valence-electron chi connectivity index (χ2n) is 7.84. The van der Waals surface area contributed by atoms with Crippen LogP contribution < -0.4 is 9.64 Å². The van der Waals surface area contributed by atoms with Gasteiger partial charge in [0.05, 0.1) is 12.7 Å². The maximum atomic E-state index is 13.7. The van der Waals surface area contributed by atoms with Crippen LogP contribution in [0.5, 0.6) is 5.75 Å². The molecule has 3 heterocycles. The van der Waals surface area contributed by atoms with Gasteiger partial charge in [0.25, 0.3) is 5.91 Å². The maximum Gasteiger partial charge on any atom is 0.294 e. The minimum atomic E-state index is -0.786. The Balaban J connectivity index is 1.62. The number of methoxy groups -OCH3 is 1. The van der Waals surface area contributed by atoms with Crippen LogP contribution >= 0.6 is 22.9 Å². The second kappa shape index (κ2) is 8.66. The Kier molecular flexibility index (Phi) is 5.67. The molecule has 5 rings (SSSR count). The molecule has 34 heavy (non-hydrogen) atoms. The van der Waals surface area contributed by atoms with Crippen LogP contribution in [0.2, 0.25) is 5.02 Å². The summed E-state index contributed by atoms with van der Waals surface area (Å²) in [6, 6.07) is 15.2. The third kappa shape index (κ3) is 3.57. The summed E-state index contributed by atoms with van der Waals surface area (Å²) in [6.07, 6.45) is 0.856. The number of aryl methyl sites for hydroxylation is 1. The van der Waals surface area contributed by atoms with Gasteiger partial charge in [-0.1, -0.05) is 36.7 Å². The lowest BCUT2D eigenvalue weighted by Crippen LogP contribution is -2.30. The van der Waals surface area contributed by atoms with E-state index in [1.165, 1.54) is 23.3 Å². The largest absolute Gasteiger partial charge is 0.503 e. The van der Waals surface area contributed by atoms with E-state index in [4.69, 9.17) is 20.8 Å². The van der Waals surface area contributed by atoms with Crippen LogP contribution in [0.4, 0.5) is 5.69 Å². The number of anilines is 1. The van der Waals surface area contributed by atoms with Crippen LogP contribution in [-0.4, -0.2) is 23.9 Å². The lowest BCUT2D eigenvalue weighted by molar-refractivity contribution is -0.117. The highest BCUT2D eigenvalue weighted by molar-refractivity contribution is 7.10. The summed E-state index contributed by atoms with van der Waals surface area (Å²) in [5, 5.41) is 13.8. The molecule has 8 heteroatoms. The van der Waals surface area contributed by atoms with Gasteiger partial charge in [-0.15, -0.1) is 11.3 Å². The number of aliphatic hydroxyl groups excluding tert-OH is 1. The lowest BCUT2D eigenvalue weighted by atomic mass is 9.99. The van der Waals surface area contributed by atoms with E-state index in [0.29, 0.717) is 27.4 Å². The van der Waals surface area contributed by atoms with Crippen LogP contribution in [-0.2, 0) is 11.2 Å². The van der Waals surface area contributed by atoms with Gasteiger partial charge in [0.15, 0.2) is 22.9 Å². The number of halogens is 1. The summed E-state index contributed by atoms with van der Waals surface area (Å²) in [5.41, 5.74) is 2.04. The van der Waals surface area contributed by atoms with Gasteiger partial charge in [0.1, 0.15) is 6.04 Å². The fraction of sp³-hybridized carbons (Fsp3) is 0.154. The normalized spacial score (nSPS) is 16.0. The van der Waals surface area contributed by atoms with Crippen LogP contribution in [0.1, 0.15) is 34.0 Å². The molecule has 0 spiro atoms. The summed E-state index contributed by atoms with van der Waals surface area (Å²) in [6.45, 7) is 2.05. The molecule has 0 saturated carbocycles. The fourth-order valence-corrected chi connectivity index (χ4v) is 5.23. The average molecular weight is 494 g/mol. The van der Waals surface area contributed by atoms with Crippen molar-refractivity contribution in [2.45, 2.75) is 19.4 Å². The molecule has 1 N–H and O–H groups in total. The Morgan fingerprint density at radius 1 is 1.21 bits per heavy atom. The topological polar surface area (TPSA) is 80.0 Å². The molecule has 0 saturated heterocycles. The third-order valence-electron chi connectivity index (χ3n) is 5.88. The number of hydrogen-bond acceptors (Lipinski definition) is 6. The minimum absolute atomic E-state index is 0.0188. The third-order valence-corrected chi connectivity index (χ3v) is 7.02. The molecular weight excluding hydrogens is 474 g/mol. The number of carbonyl (C=O) groups is 2. The Hall–Kier alpha value is -3.55. The molecule has 172 valence electrons. The number of ketones is 1. The van der Waals surface area contributed by atoms with Crippen molar-refractivity contribution in [1.29, 1.82) is 0 Å². The monoisotopic (exact) mass is 493 g/mol. The van der Waals surface area contributed by atoms with Crippen molar-refractivity contribution in [2.24, 2.45) is 0 Å². The number of amides is 1. The number of hydrogen-bond donors (Lipinski definition) is 1. The zero-order valence-corrected chi connectivity index (χ0v) is 19.9. The van der Waals surface area contributed by atoms with Crippen LogP contribution in [0.3, 0.4) is 0 Å². The number of ether oxygens (including phenoxy) is 1. The predicted octanol–water partition coefficient (Wildman–Crippen LogP) is 6.50. The minimum Gasteiger partial charge on any atom is -0.503 e. The number of fused-ring (bicyclic) bond motifs is 1. The summed E-state index contributed by atoms with van der Waals surface area (Å²) in [5.74, 6) is -1.44. The maximum absolute atomic E-state index is 13.7. The molecule has 1 amide bonds. The summed E-state index contributed by atoms with van der Waals surface area (Å²) >= 11 is 7.55. The molecule has 4 aromatic rings. The molecule has 2 aromatic heterocycles. The average Bonchev–Trinajstić information content (AvgIpc) is 3.57. The van der Waals surface area contributed by atoms with Gasteiger partial charge in [-0.3, -0.25) is 14.5 Å². The lowest BCUT2D eigenvalue weighted by Gasteiger charge is -2.25. The van der Waals surface area contributed by atoms with E-state index in [1.807, 2.05) is 48.7 Å². The number of furan rings is 1. The van der Waals surface area contributed by atoms with E-state index in [-0.39, 0.29) is 11.3 Å². The van der Waals surface area contributed by atoms with Crippen molar-refractivity contribution < 1.29 is 23.8 Å². The van der Waals surface area contributed by atoms with Crippen molar-refractivity contribution in [3.05, 3.63) is 92.5 Å². The SMILES string of the molecule is CCc1ccc(N2C(=O)C(O)=C(C(=O)c3cc4cc(Cl)cc(OC)c4o3)C2c2cccs2)cc1. The molecule has 1 aliphatic rings. The van der Waals surface area contributed by atoms with Crippen molar-refractivity contribution in [1.82, 2.24) is 0 Å². The first-order chi connectivity index (χ1) is 16.4. The van der Waals surface area contributed by atoms with Gasteiger partial charge in [-0.05, 0) is 47.7 Å². The highest BCUT2D eigenvalue weighted by Gasteiger charge is 2.45. The van der Waals surface area contributed by atoms with Crippen molar-refractivity contribution >= 4 is 51.3 Å². The van der Waals surface area contributed by atoms with E-state index in [1.54, 1.807) is 18.2 Å². The highest BCUT2D eigenvalue weighted by Crippen LogP contribution is 2.44. The molecule has 0 fully saturated rings. The van der Waals surface area contributed by atoms with Crippen LogP contribution in [0.15, 0.2) is 75.7 Å². The Morgan fingerprint density at radius 3 is 2.62 bits per heavy atom. The first kappa shape index (κ1) is 22.3. The van der Waals surface area contributed by atoms with Crippen LogP contribution in [0.25, 0.3) is 11.0 Å². The zero-order valence-electron chi connectivity index (χ0n) is 18.4. The molecule has 1 atom stereocenters. The van der Waals surface area contributed by atoms with E-state index in [0.717, 1.165) is 16.9 Å². The van der Waals surface area contributed by atoms with E-state index in [2.05, 4.69) is 0 Å². The molecule has 0 aliphatic carbocycles. The molecule has 1 aliphatic heterocycles. The fourth-order valence-electron chi connectivity index (χ4n) is 4.19. The van der Waals surface area contributed by atoms with Crippen LogP contribution in [0, 0.1) is 0 Å². The summed E-state index contributed by atoms with van der Waals surface area (Å²) in [7, 11) is 1.48. The number of carbonyl (C=O) groups excluding carboxylic acids is 2. The van der Waals surface area contributed by atoms with E-state index < -0.39 is 23.5 Å². The highest BCUT2D eigenvalue weighted by atomic mass is 35.5. The van der Waals surface area contributed by atoms with Crippen molar-refractivity contribution in [3.8, 4) is 5.75 Å². The Morgan fingerprint density at radius 2 is 1.97 bits per heavy atom.